The minimum Gasteiger partial charge on any atom is -0.353 e. The fourth-order valence-electron chi connectivity index (χ4n) is 2.35. The number of rotatable bonds is 6. The van der Waals surface area contributed by atoms with Crippen molar-refractivity contribution in [2.45, 2.75) is 39.2 Å². The molecular weight excluding hydrogens is 254 g/mol. The number of aromatic nitrogens is 4. The number of nitrogen functional groups attached to an aromatic ring is 1. The molecule has 2 aromatic heterocycles. The maximum absolute atomic E-state index is 5.46. The average molecular weight is 275 g/mol. The van der Waals surface area contributed by atoms with Crippen molar-refractivity contribution in [1.82, 2.24) is 20.2 Å². The lowest BCUT2D eigenvalue weighted by molar-refractivity contribution is 0.569. The Kier molecular flexibility index (Phi) is 3.43. The van der Waals surface area contributed by atoms with E-state index in [4.69, 9.17) is 5.84 Å². The first-order valence-electron chi connectivity index (χ1n) is 7.13. The van der Waals surface area contributed by atoms with Gasteiger partial charge in [0.05, 0.1) is 11.6 Å². The molecule has 2 aromatic rings. The second kappa shape index (κ2) is 5.24. The molecule has 0 unspecified atom stereocenters. The minimum absolute atomic E-state index is 0.423. The van der Waals surface area contributed by atoms with Crippen molar-refractivity contribution in [3.8, 4) is 0 Å². The molecule has 0 saturated heterocycles. The van der Waals surface area contributed by atoms with E-state index in [0.717, 1.165) is 29.8 Å². The molecule has 0 amide bonds. The van der Waals surface area contributed by atoms with Crippen molar-refractivity contribution in [3.63, 3.8) is 0 Å². The molecule has 1 saturated carbocycles. The molecule has 20 heavy (non-hydrogen) atoms. The molecule has 0 radical (unpaired) electrons. The third-order valence-corrected chi connectivity index (χ3v) is 3.63. The van der Waals surface area contributed by atoms with Gasteiger partial charge in [-0.05, 0) is 25.2 Å². The summed E-state index contributed by atoms with van der Waals surface area (Å²) in [4.78, 5) is 11.2. The zero-order chi connectivity index (χ0) is 14.1. The highest BCUT2D eigenvalue weighted by Crippen LogP contribution is 2.34. The lowest BCUT2D eigenvalue weighted by atomic mass is 10.1. The Hall–Kier alpha value is -1.89. The van der Waals surface area contributed by atoms with E-state index < -0.39 is 0 Å². The number of anilines is 2. The molecule has 108 valence electrons. The minimum atomic E-state index is 0.423. The number of hydrazine groups is 1. The third-order valence-electron chi connectivity index (χ3n) is 3.63. The molecule has 1 aliphatic rings. The predicted molar refractivity (Wildman–Crippen MR) is 79.3 cm³/mol. The van der Waals surface area contributed by atoms with E-state index >= 15 is 0 Å². The van der Waals surface area contributed by atoms with Gasteiger partial charge < -0.3 is 4.90 Å². The first-order valence-corrected chi connectivity index (χ1v) is 7.13. The van der Waals surface area contributed by atoms with Crippen LogP contribution in [0.2, 0.25) is 0 Å². The Morgan fingerprint density at radius 3 is 2.90 bits per heavy atom. The van der Waals surface area contributed by atoms with Crippen molar-refractivity contribution in [2.75, 3.05) is 16.9 Å². The van der Waals surface area contributed by atoms with E-state index in [1.807, 2.05) is 0 Å². The lowest BCUT2D eigenvalue weighted by Crippen LogP contribution is -2.29. The quantitative estimate of drug-likeness (QED) is 0.548. The van der Waals surface area contributed by atoms with Crippen molar-refractivity contribution in [2.24, 2.45) is 11.8 Å². The van der Waals surface area contributed by atoms with Gasteiger partial charge in [-0.1, -0.05) is 13.8 Å². The molecule has 4 N–H and O–H groups in total. The molecule has 1 aliphatic carbocycles. The summed E-state index contributed by atoms with van der Waals surface area (Å²) in [5.74, 6) is 7.49. The summed E-state index contributed by atoms with van der Waals surface area (Å²) in [6.45, 7) is 5.49. The maximum atomic E-state index is 5.46. The number of fused-ring (bicyclic) bond motifs is 1. The molecule has 7 heteroatoms. The van der Waals surface area contributed by atoms with Crippen LogP contribution in [0, 0.1) is 5.92 Å². The van der Waals surface area contributed by atoms with Crippen LogP contribution in [0.4, 0.5) is 11.8 Å². The van der Waals surface area contributed by atoms with Crippen molar-refractivity contribution in [1.29, 1.82) is 0 Å². The first-order chi connectivity index (χ1) is 9.69. The monoisotopic (exact) mass is 275 g/mol. The zero-order valence-corrected chi connectivity index (χ0v) is 11.9. The lowest BCUT2D eigenvalue weighted by Gasteiger charge is -2.25. The summed E-state index contributed by atoms with van der Waals surface area (Å²) in [6.07, 6.45) is 5.39. The highest BCUT2D eigenvalue weighted by molar-refractivity contribution is 5.87. The summed E-state index contributed by atoms with van der Waals surface area (Å²) < 4.78 is 0. The smallest absolute Gasteiger partial charge is 0.241 e. The van der Waals surface area contributed by atoms with Crippen molar-refractivity contribution in [3.05, 3.63) is 6.20 Å². The molecule has 0 spiro atoms. The van der Waals surface area contributed by atoms with E-state index in [1.165, 1.54) is 12.8 Å². The zero-order valence-electron chi connectivity index (χ0n) is 11.9. The topological polar surface area (TPSA) is 95.8 Å². The van der Waals surface area contributed by atoms with E-state index in [-0.39, 0.29) is 0 Å². The van der Waals surface area contributed by atoms with Crippen LogP contribution in [-0.2, 0) is 0 Å². The Balaban J connectivity index is 1.98. The fourth-order valence-corrected chi connectivity index (χ4v) is 2.35. The molecule has 2 heterocycles. The van der Waals surface area contributed by atoms with Crippen molar-refractivity contribution >= 4 is 22.8 Å². The van der Waals surface area contributed by atoms with Gasteiger partial charge in [0.15, 0.2) is 5.65 Å². The van der Waals surface area contributed by atoms with E-state index in [9.17, 15) is 0 Å². The molecule has 0 bridgehead atoms. The summed E-state index contributed by atoms with van der Waals surface area (Å²) in [5, 5.41) is 7.92. The number of H-pyrrole nitrogens is 1. The summed E-state index contributed by atoms with van der Waals surface area (Å²) >= 11 is 0. The number of nitrogens with zero attached hydrogens (tertiary/aromatic N) is 4. The molecule has 3 rings (SSSR count). The van der Waals surface area contributed by atoms with Gasteiger partial charge in [0, 0.05) is 12.6 Å². The van der Waals surface area contributed by atoms with Gasteiger partial charge in [0.2, 0.25) is 5.95 Å². The Labute approximate surface area is 117 Å². The number of hydrogen-bond donors (Lipinski definition) is 3. The number of aromatic amines is 1. The molecule has 0 aromatic carbocycles. The predicted octanol–water partition coefficient (Wildman–Crippen LogP) is 1.65. The van der Waals surface area contributed by atoms with Gasteiger partial charge in [-0.15, -0.1) is 0 Å². The summed E-state index contributed by atoms with van der Waals surface area (Å²) in [7, 11) is 0. The van der Waals surface area contributed by atoms with Gasteiger partial charge in [-0.2, -0.15) is 15.1 Å². The van der Waals surface area contributed by atoms with Gasteiger partial charge in [0.25, 0.3) is 0 Å². The average Bonchev–Trinajstić information content (AvgIpc) is 3.15. The number of hydrogen-bond acceptors (Lipinski definition) is 6. The van der Waals surface area contributed by atoms with Crippen LogP contribution in [0.1, 0.15) is 33.1 Å². The molecule has 1 fully saturated rings. The normalized spacial score (nSPS) is 15.0. The molecule has 0 aliphatic heterocycles. The van der Waals surface area contributed by atoms with Crippen molar-refractivity contribution < 1.29 is 0 Å². The first kappa shape index (κ1) is 13.1. The van der Waals surface area contributed by atoms with Gasteiger partial charge in [0.1, 0.15) is 5.82 Å². The van der Waals surface area contributed by atoms with E-state index in [1.54, 1.807) is 6.20 Å². The SMILES string of the molecule is CC(C)CCN(c1nc(NN)nc2[nH]ncc12)C1CC1. The van der Waals surface area contributed by atoms with Crippen LogP contribution in [0.15, 0.2) is 6.20 Å². The van der Waals surface area contributed by atoms with Gasteiger partial charge in [-0.25, -0.2) is 5.84 Å². The van der Waals surface area contributed by atoms with Crippen LogP contribution in [0.3, 0.4) is 0 Å². The Bertz CT molecular complexity index is 587. The number of nitrogens with one attached hydrogen (secondary N) is 2. The maximum Gasteiger partial charge on any atom is 0.241 e. The van der Waals surface area contributed by atoms with Gasteiger partial charge >= 0.3 is 0 Å². The standard InChI is InChI=1S/C13H21N7/c1-8(2)5-6-20(9-3-4-9)12-10-7-15-19-11(10)16-13(17-12)18-14/h7-9H,3-6,14H2,1-2H3,(H2,15,16,17,18,19). The van der Waals surface area contributed by atoms with Gasteiger partial charge in [-0.3, -0.25) is 10.5 Å². The Morgan fingerprint density at radius 2 is 2.25 bits per heavy atom. The van der Waals surface area contributed by atoms with Crippen LogP contribution in [0.5, 0.6) is 0 Å². The fraction of sp³-hybridized carbons (Fsp3) is 0.615. The summed E-state index contributed by atoms with van der Waals surface area (Å²) in [6, 6.07) is 0.590. The largest absolute Gasteiger partial charge is 0.353 e. The van der Waals surface area contributed by atoms with E-state index in [2.05, 4.69) is 44.3 Å². The van der Waals surface area contributed by atoms with E-state index in [0.29, 0.717) is 17.9 Å². The van der Waals surface area contributed by atoms with Crippen LogP contribution >= 0.6 is 0 Å². The highest BCUT2D eigenvalue weighted by Gasteiger charge is 2.31. The molecule has 7 nitrogen and oxygen atoms in total. The highest BCUT2D eigenvalue weighted by atomic mass is 15.3. The van der Waals surface area contributed by atoms with Crippen LogP contribution < -0.4 is 16.2 Å². The van der Waals surface area contributed by atoms with Crippen LogP contribution in [-0.4, -0.2) is 32.8 Å². The third kappa shape index (κ3) is 2.53. The second-order valence-corrected chi connectivity index (χ2v) is 5.75. The molecule has 0 atom stereocenters. The summed E-state index contributed by atoms with van der Waals surface area (Å²) in [5.41, 5.74) is 3.25. The second-order valence-electron chi connectivity index (χ2n) is 5.75. The molecular formula is C13H21N7. The number of nitrogens with two attached hydrogens (primary N) is 1. The van der Waals surface area contributed by atoms with Crippen LogP contribution in [0.25, 0.3) is 11.0 Å². The Morgan fingerprint density at radius 1 is 1.45 bits per heavy atom.